The lowest BCUT2D eigenvalue weighted by molar-refractivity contribution is 0.143. The van der Waals surface area contributed by atoms with Gasteiger partial charge in [-0.2, -0.15) is 0 Å². The van der Waals surface area contributed by atoms with Crippen molar-refractivity contribution < 1.29 is 5.11 Å². The topological polar surface area (TPSA) is 52.5 Å². The third-order valence-corrected chi connectivity index (χ3v) is 7.13. The average Bonchev–Trinajstić information content (AvgIpc) is 3.32. The zero-order chi connectivity index (χ0) is 23.1. The molecule has 2 aliphatic rings. The van der Waals surface area contributed by atoms with E-state index in [1.807, 2.05) is 18.3 Å². The molecule has 33 heavy (non-hydrogen) atoms. The molecule has 4 rings (SSSR count). The summed E-state index contributed by atoms with van der Waals surface area (Å²) in [6.45, 7) is 10.1. The third kappa shape index (κ3) is 7.82. The van der Waals surface area contributed by atoms with Crippen LogP contribution in [0.25, 0.3) is 0 Å². The first-order valence-corrected chi connectivity index (χ1v) is 13.2. The number of benzene rings is 1. The fraction of sp³-hybridized carbons (Fsp3) is 0.556. The van der Waals surface area contributed by atoms with Crippen LogP contribution in [0, 0.1) is 11.8 Å². The van der Waals surface area contributed by atoms with Gasteiger partial charge >= 0.3 is 0 Å². The lowest BCUT2D eigenvalue weighted by Crippen LogP contribution is -2.34. The minimum Gasteiger partial charge on any atom is -0.378 e. The molecule has 1 unspecified atom stereocenters. The third-order valence-electron chi connectivity index (χ3n) is 6.29. The molecule has 1 aromatic heterocycles. The summed E-state index contributed by atoms with van der Waals surface area (Å²) >= 11 is 1.79. The van der Waals surface area contributed by atoms with E-state index in [2.05, 4.69) is 44.8 Å². The number of rotatable bonds is 7. The molecule has 0 aliphatic carbocycles. The van der Waals surface area contributed by atoms with E-state index in [-0.39, 0.29) is 0 Å². The predicted octanol–water partition coefficient (Wildman–Crippen LogP) is 4.17. The van der Waals surface area contributed by atoms with Crippen molar-refractivity contribution in [2.75, 3.05) is 38.5 Å². The lowest BCUT2D eigenvalue weighted by Gasteiger charge is -2.32. The van der Waals surface area contributed by atoms with E-state index < -0.39 is 5.60 Å². The molecular weight excluding hydrogens is 428 g/mol. The summed E-state index contributed by atoms with van der Waals surface area (Å²) in [4.78, 5) is 14.5. The number of hydrogen-bond donors (Lipinski definition) is 1. The van der Waals surface area contributed by atoms with Crippen LogP contribution in [0.3, 0.4) is 0 Å². The van der Waals surface area contributed by atoms with E-state index in [1.165, 1.54) is 50.0 Å². The molecule has 3 heterocycles. The van der Waals surface area contributed by atoms with Crippen LogP contribution in [0.5, 0.6) is 0 Å². The van der Waals surface area contributed by atoms with Crippen LogP contribution in [-0.4, -0.2) is 69.0 Å². The number of nitrogens with zero attached hydrogens (tertiary/aromatic N) is 4. The average molecular weight is 465 g/mol. The van der Waals surface area contributed by atoms with Crippen molar-refractivity contribution in [3.05, 3.63) is 53.3 Å². The van der Waals surface area contributed by atoms with Crippen LogP contribution >= 0.6 is 11.8 Å². The Bertz CT molecular complexity index is 955. The second-order valence-corrected chi connectivity index (χ2v) is 10.8. The fourth-order valence-electron chi connectivity index (χ4n) is 4.54. The van der Waals surface area contributed by atoms with Crippen LogP contribution in [0.2, 0.25) is 0 Å². The Morgan fingerprint density at radius 1 is 1.06 bits per heavy atom. The second kappa shape index (κ2) is 11.5. The van der Waals surface area contributed by atoms with E-state index >= 15 is 0 Å². The summed E-state index contributed by atoms with van der Waals surface area (Å²) in [7, 11) is 0. The Morgan fingerprint density at radius 2 is 1.82 bits per heavy atom. The minimum atomic E-state index is -0.964. The van der Waals surface area contributed by atoms with Gasteiger partial charge in [-0.25, -0.2) is 9.97 Å². The molecule has 1 aromatic carbocycles. The van der Waals surface area contributed by atoms with Crippen molar-refractivity contribution in [3.63, 3.8) is 0 Å². The summed E-state index contributed by atoms with van der Waals surface area (Å²) in [5, 5.41) is 10.7. The van der Waals surface area contributed by atoms with Crippen molar-refractivity contribution in [1.29, 1.82) is 0 Å². The first-order chi connectivity index (χ1) is 15.9. The zero-order valence-electron chi connectivity index (χ0n) is 20.0. The van der Waals surface area contributed by atoms with Crippen molar-refractivity contribution in [2.24, 2.45) is 0 Å². The van der Waals surface area contributed by atoms with Crippen molar-refractivity contribution in [2.45, 2.75) is 62.8 Å². The lowest BCUT2D eigenvalue weighted by atomic mass is 9.94. The van der Waals surface area contributed by atoms with Gasteiger partial charge in [0.25, 0.3) is 0 Å². The Labute approximate surface area is 203 Å². The van der Waals surface area contributed by atoms with E-state index in [4.69, 9.17) is 4.98 Å². The molecule has 0 radical (unpaired) electrons. The van der Waals surface area contributed by atoms with Crippen LogP contribution in [0.1, 0.15) is 62.3 Å². The van der Waals surface area contributed by atoms with Crippen LogP contribution in [-0.2, 0) is 6.54 Å². The quantitative estimate of drug-likeness (QED) is 0.377. The predicted molar refractivity (Wildman–Crippen MR) is 135 cm³/mol. The number of thioether (sulfide) groups is 1. The fourth-order valence-corrected chi connectivity index (χ4v) is 5.38. The molecule has 2 fully saturated rings. The van der Waals surface area contributed by atoms with E-state index in [0.29, 0.717) is 5.92 Å². The van der Waals surface area contributed by atoms with Gasteiger partial charge < -0.3 is 10.0 Å². The molecule has 0 spiro atoms. The smallest absolute Gasteiger partial charge is 0.187 e. The number of aromatic nitrogens is 2. The van der Waals surface area contributed by atoms with E-state index in [0.717, 1.165) is 42.7 Å². The monoisotopic (exact) mass is 464 g/mol. The van der Waals surface area contributed by atoms with Gasteiger partial charge in [0, 0.05) is 48.8 Å². The Balaban J connectivity index is 1.30. The molecule has 0 saturated carbocycles. The van der Waals surface area contributed by atoms with Gasteiger partial charge in [-0.15, -0.1) is 0 Å². The summed E-state index contributed by atoms with van der Waals surface area (Å²) < 4.78 is 0. The molecule has 0 bridgehead atoms. The first kappa shape index (κ1) is 24.2. The summed E-state index contributed by atoms with van der Waals surface area (Å²) in [5.41, 5.74) is 2.46. The Morgan fingerprint density at radius 3 is 2.58 bits per heavy atom. The van der Waals surface area contributed by atoms with Crippen LogP contribution in [0.4, 0.5) is 0 Å². The zero-order valence-corrected chi connectivity index (χ0v) is 20.8. The minimum absolute atomic E-state index is 0.469. The maximum atomic E-state index is 9.78. The van der Waals surface area contributed by atoms with Gasteiger partial charge in [-0.05, 0) is 82.9 Å². The molecule has 176 valence electrons. The Kier molecular flexibility index (Phi) is 8.43. The maximum Gasteiger partial charge on any atom is 0.187 e. The highest BCUT2D eigenvalue weighted by molar-refractivity contribution is 7.99. The van der Waals surface area contributed by atoms with Gasteiger partial charge in [-0.3, -0.25) is 4.90 Å². The van der Waals surface area contributed by atoms with Crippen molar-refractivity contribution in [3.8, 4) is 11.8 Å². The van der Waals surface area contributed by atoms with Crippen molar-refractivity contribution in [1.82, 2.24) is 19.8 Å². The second-order valence-electron chi connectivity index (χ2n) is 9.74. The number of likely N-dealkylation sites (tertiary alicyclic amines) is 2. The number of aliphatic hydroxyl groups is 1. The summed E-state index contributed by atoms with van der Waals surface area (Å²) in [6, 6.07) is 10.5. The standard InChI is InChI=1S/C27H36N4OS/c1-27(2,32)13-11-22-7-9-23(10-8-22)20-31-17-5-6-24(21-31)25-12-14-28-26(29-25)33-19-18-30-15-3-4-16-30/h7-10,12,14,24,32H,3-6,15-21H2,1-2H3. The molecule has 6 heteroatoms. The molecule has 2 aliphatic heterocycles. The van der Waals surface area contributed by atoms with Crippen molar-refractivity contribution >= 4 is 11.8 Å². The first-order valence-electron chi connectivity index (χ1n) is 12.2. The van der Waals surface area contributed by atoms with Gasteiger partial charge in [-0.1, -0.05) is 35.7 Å². The normalized spacial score (nSPS) is 19.9. The highest BCUT2D eigenvalue weighted by atomic mass is 32.2. The molecule has 2 saturated heterocycles. The summed E-state index contributed by atoms with van der Waals surface area (Å²) in [5.74, 6) is 7.46. The van der Waals surface area contributed by atoms with E-state index in [9.17, 15) is 5.11 Å². The molecule has 1 N–H and O–H groups in total. The van der Waals surface area contributed by atoms with Crippen LogP contribution < -0.4 is 0 Å². The highest BCUT2D eigenvalue weighted by Gasteiger charge is 2.23. The molecule has 0 amide bonds. The molecule has 1 atom stereocenters. The number of hydrogen-bond acceptors (Lipinski definition) is 6. The van der Waals surface area contributed by atoms with Crippen LogP contribution in [0.15, 0.2) is 41.7 Å². The van der Waals surface area contributed by atoms with Gasteiger partial charge in [0.15, 0.2) is 5.16 Å². The van der Waals surface area contributed by atoms with Gasteiger partial charge in [0.05, 0.1) is 0 Å². The highest BCUT2D eigenvalue weighted by Crippen LogP contribution is 2.27. The molecule has 2 aromatic rings. The number of piperidine rings is 1. The van der Waals surface area contributed by atoms with Gasteiger partial charge in [0.1, 0.15) is 5.60 Å². The van der Waals surface area contributed by atoms with E-state index in [1.54, 1.807) is 25.6 Å². The SMILES string of the molecule is CC(C)(O)C#Cc1ccc(CN2CCCC(c3ccnc(SCCN4CCCC4)n3)C2)cc1. The Hall–Kier alpha value is -1.91. The van der Waals surface area contributed by atoms with Gasteiger partial charge in [0.2, 0.25) is 0 Å². The molecule has 5 nitrogen and oxygen atoms in total. The molecular formula is C27H36N4OS. The largest absolute Gasteiger partial charge is 0.378 e. The maximum absolute atomic E-state index is 9.78. The summed E-state index contributed by atoms with van der Waals surface area (Å²) in [6.07, 6.45) is 7.01.